The summed E-state index contributed by atoms with van der Waals surface area (Å²) in [5, 5.41) is 49.6. The monoisotopic (exact) mass is 293 g/mol. The largest absolute Gasteiger partial charge is 0.477 e. The van der Waals surface area contributed by atoms with Crippen LogP contribution in [0.25, 0.3) is 0 Å². The van der Waals surface area contributed by atoms with Crippen molar-refractivity contribution in [2.24, 2.45) is 0 Å². The number of carbonyl (C=O) groups is 2. The first-order valence-electron chi connectivity index (χ1n) is 6.09. The molecule has 1 amide bonds. The van der Waals surface area contributed by atoms with Crippen LogP contribution in [0, 0.1) is 0 Å². The highest BCUT2D eigenvalue weighted by Gasteiger charge is 2.52. The molecule has 0 radical (unpaired) electrons. The Bertz CT molecular complexity index is 375. The van der Waals surface area contributed by atoms with Crippen molar-refractivity contribution in [3.8, 4) is 0 Å². The number of rotatable bonds is 5. The maximum Gasteiger partial charge on any atom is 0.364 e. The molecule has 20 heavy (non-hydrogen) atoms. The Hall–Kier alpha value is -1.26. The summed E-state index contributed by atoms with van der Waals surface area (Å²) in [4.78, 5) is 22.1. The Labute approximate surface area is 114 Å². The fourth-order valence-electron chi connectivity index (χ4n) is 2.14. The number of aliphatic carboxylic acids is 1. The quantitative estimate of drug-likeness (QED) is 0.316. The zero-order valence-electron chi connectivity index (χ0n) is 10.9. The minimum Gasteiger partial charge on any atom is -0.477 e. The Morgan fingerprint density at radius 1 is 1.50 bits per heavy atom. The van der Waals surface area contributed by atoms with E-state index >= 15 is 0 Å². The maximum atomic E-state index is 11.1. The molecule has 1 aliphatic heterocycles. The van der Waals surface area contributed by atoms with Gasteiger partial charge in [-0.05, 0) is 6.42 Å². The van der Waals surface area contributed by atoms with E-state index in [4.69, 9.17) is 14.9 Å². The molecule has 0 spiro atoms. The molecule has 0 bridgehead atoms. The Kier molecular flexibility index (Phi) is 5.42. The van der Waals surface area contributed by atoms with Crippen molar-refractivity contribution in [3.05, 3.63) is 0 Å². The highest BCUT2D eigenvalue weighted by Crippen LogP contribution is 2.30. The van der Waals surface area contributed by atoms with E-state index in [-0.39, 0.29) is 6.42 Å². The van der Waals surface area contributed by atoms with E-state index in [1.807, 2.05) is 0 Å². The molecule has 1 heterocycles. The third kappa shape index (κ3) is 3.64. The average Bonchev–Trinajstić information content (AvgIpc) is 2.32. The second-order valence-electron chi connectivity index (χ2n) is 4.75. The molecule has 9 heteroatoms. The van der Waals surface area contributed by atoms with E-state index in [9.17, 15) is 24.9 Å². The van der Waals surface area contributed by atoms with E-state index in [1.54, 1.807) is 0 Å². The predicted octanol–water partition coefficient (Wildman–Crippen LogP) is -2.84. The fraction of sp³-hybridized carbons (Fsp3) is 0.818. The number of carboxylic acids is 1. The molecular formula is C11H19NO8. The van der Waals surface area contributed by atoms with Gasteiger partial charge in [0.1, 0.15) is 6.10 Å². The molecule has 1 fully saturated rings. The summed E-state index contributed by atoms with van der Waals surface area (Å²) >= 11 is 0. The van der Waals surface area contributed by atoms with Crippen LogP contribution in [0.4, 0.5) is 0 Å². The summed E-state index contributed by atoms with van der Waals surface area (Å²) in [6.45, 7) is 0.773. The Morgan fingerprint density at radius 2 is 2.10 bits per heavy atom. The highest BCUT2D eigenvalue weighted by molar-refractivity contribution is 5.76. The lowest BCUT2D eigenvalue weighted by molar-refractivity contribution is -0.289. The van der Waals surface area contributed by atoms with Gasteiger partial charge in [0.25, 0.3) is 5.79 Å². The molecule has 1 aliphatic rings. The van der Waals surface area contributed by atoms with E-state index < -0.39 is 55.0 Å². The first-order chi connectivity index (χ1) is 9.21. The number of nitrogens with one attached hydrogen (secondary N) is 1. The summed E-state index contributed by atoms with van der Waals surface area (Å²) < 4.78 is 4.95. The van der Waals surface area contributed by atoms with Gasteiger partial charge >= 0.3 is 5.97 Å². The van der Waals surface area contributed by atoms with E-state index in [1.165, 1.54) is 6.92 Å². The Balaban J connectivity index is 2.99. The topological polar surface area (TPSA) is 157 Å². The summed E-state index contributed by atoms with van der Waals surface area (Å²) in [6.07, 6.45) is -4.97. The summed E-state index contributed by atoms with van der Waals surface area (Å²) in [5.74, 6) is -4.88. The van der Waals surface area contributed by atoms with Gasteiger partial charge in [-0.15, -0.1) is 0 Å². The molecule has 0 aromatic rings. The molecule has 0 aromatic carbocycles. The van der Waals surface area contributed by atoms with Gasteiger partial charge < -0.3 is 35.6 Å². The van der Waals surface area contributed by atoms with Gasteiger partial charge in [0.2, 0.25) is 5.91 Å². The molecule has 0 aromatic heterocycles. The maximum absolute atomic E-state index is 11.1. The van der Waals surface area contributed by atoms with Crippen LogP contribution in [0.1, 0.15) is 19.8 Å². The summed E-state index contributed by atoms with van der Waals surface area (Å²) in [6, 6.07) is -1.09. The van der Waals surface area contributed by atoms with E-state index in [0.29, 0.717) is 0 Å². The molecule has 0 aliphatic carbocycles. The third-order valence-corrected chi connectivity index (χ3v) is 3.09. The van der Waals surface area contributed by atoms with Crippen molar-refractivity contribution >= 4 is 11.9 Å². The fourth-order valence-corrected chi connectivity index (χ4v) is 2.14. The van der Waals surface area contributed by atoms with Crippen molar-refractivity contribution in [1.82, 2.24) is 5.32 Å². The van der Waals surface area contributed by atoms with Gasteiger partial charge in [0, 0.05) is 20.0 Å². The summed E-state index contributed by atoms with van der Waals surface area (Å²) in [7, 11) is 0. The Morgan fingerprint density at radius 3 is 2.55 bits per heavy atom. The van der Waals surface area contributed by atoms with Gasteiger partial charge in [-0.2, -0.15) is 0 Å². The van der Waals surface area contributed by atoms with Crippen LogP contribution < -0.4 is 5.32 Å². The summed E-state index contributed by atoms with van der Waals surface area (Å²) in [5.41, 5.74) is 0. The van der Waals surface area contributed by atoms with Crippen molar-refractivity contribution in [3.63, 3.8) is 0 Å². The molecule has 0 saturated carbocycles. The van der Waals surface area contributed by atoms with Gasteiger partial charge in [-0.1, -0.05) is 0 Å². The van der Waals surface area contributed by atoms with Gasteiger partial charge in [-0.25, -0.2) is 4.79 Å². The van der Waals surface area contributed by atoms with Gasteiger partial charge in [-0.3, -0.25) is 4.79 Å². The number of carboxylic acid groups (broad SMARTS) is 1. The van der Waals surface area contributed by atoms with Crippen molar-refractivity contribution in [2.75, 3.05) is 6.61 Å². The normalized spacial score (nSPS) is 35.4. The standard InChI is InChI=1S/C11H19NO8/c1-5(14)12-8-7(16)4-11(19,10(17)18)20-9(8)6(15)2-3-13/h6-9,13,15-16,19H,2-4H2,1H3,(H,12,14)(H,17,18)/t6-,7+,8-,9?,11+/m1/s1. The van der Waals surface area contributed by atoms with Crippen LogP contribution in [-0.4, -0.2) is 74.2 Å². The zero-order valence-corrected chi connectivity index (χ0v) is 10.9. The van der Waals surface area contributed by atoms with Gasteiger partial charge in [0.15, 0.2) is 0 Å². The second kappa shape index (κ2) is 6.46. The first-order valence-corrected chi connectivity index (χ1v) is 6.09. The molecular weight excluding hydrogens is 274 g/mol. The minimum atomic E-state index is -2.66. The number of aliphatic hydroxyl groups is 4. The van der Waals surface area contributed by atoms with Crippen molar-refractivity contribution in [1.29, 1.82) is 0 Å². The molecule has 9 nitrogen and oxygen atoms in total. The average molecular weight is 293 g/mol. The number of aliphatic hydroxyl groups excluding tert-OH is 3. The van der Waals surface area contributed by atoms with Gasteiger partial charge in [0.05, 0.1) is 18.2 Å². The number of ether oxygens (including phenoxy) is 1. The van der Waals surface area contributed by atoms with Crippen LogP contribution in [0.5, 0.6) is 0 Å². The van der Waals surface area contributed by atoms with Crippen LogP contribution in [0.2, 0.25) is 0 Å². The lowest BCUT2D eigenvalue weighted by atomic mass is 9.89. The van der Waals surface area contributed by atoms with Crippen LogP contribution >= 0.6 is 0 Å². The predicted molar refractivity (Wildman–Crippen MR) is 63.4 cm³/mol. The van der Waals surface area contributed by atoms with Crippen molar-refractivity contribution in [2.45, 2.75) is 49.9 Å². The SMILES string of the molecule is CC(=O)N[C@H]1C([C@H](O)CCO)O[C@](O)(C(=O)O)C[C@@H]1O. The minimum absolute atomic E-state index is 0.164. The smallest absolute Gasteiger partial charge is 0.364 e. The number of hydrogen-bond donors (Lipinski definition) is 6. The molecule has 5 atom stereocenters. The third-order valence-electron chi connectivity index (χ3n) is 3.09. The zero-order chi connectivity index (χ0) is 15.5. The number of amides is 1. The number of hydrogen-bond acceptors (Lipinski definition) is 7. The lowest BCUT2D eigenvalue weighted by Gasteiger charge is -2.44. The highest BCUT2D eigenvalue weighted by atomic mass is 16.7. The van der Waals surface area contributed by atoms with Crippen LogP contribution in [-0.2, 0) is 14.3 Å². The van der Waals surface area contributed by atoms with E-state index in [0.717, 1.165) is 0 Å². The molecule has 1 unspecified atom stereocenters. The number of carbonyl (C=O) groups excluding carboxylic acids is 1. The first kappa shape index (κ1) is 16.8. The van der Waals surface area contributed by atoms with E-state index in [2.05, 4.69) is 5.32 Å². The van der Waals surface area contributed by atoms with Crippen LogP contribution in [0.15, 0.2) is 0 Å². The molecule has 1 rings (SSSR count). The molecule has 116 valence electrons. The second-order valence-corrected chi connectivity index (χ2v) is 4.75. The van der Waals surface area contributed by atoms with Crippen molar-refractivity contribution < 1.29 is 39.9 Å². The lowest BCUT2D eigenvalue weighted by Crippen LogP contribution is -2.65. The molecule has 6 N–H and O–H groups in total. The van der Waals surface area contributed by atoms with Crippen LogP contribution in [0.3, 0.4) is 0 Å². The molecule has 1 saturated heterocycles.